The van der Waals surface area contributed by atoms with Crippen molar-refractivity contribution in [3.05, 3.63) is 46.7 Å². The highest BCUT2D eigenvalue weighted by atomic mass is 32.1. The second-order valence-corrected chi connectivity index (χ2v) is 8.78. The summed E-state index contributed by atoms with van der Waals surface area (Å²) in [5.41, 5.74) is 1.73. The molecule has 0 aliphatic carbocycles. The van der Waals surface area contributed by atoms with E-state index in [9.17, 15) is 4.79 Å². The van der Waals surface area contributed by atoms with E-state index in [1.807, 2.05) is 56.3 Å². The molecule has 9 heteroatoms. The maximum Gasteiger partial charge on any atom is 0.263 e. The highest BCUT2D eigenvalue weighted by molar-refractivity contribution is 7.17. The number of thiazole rings is 1. The number of nitrogens with one attached hydrogen (secondary N) is 1. The lowest BCUT2D eigenvalue weighted by atomic mass is 10.1. The molecular formula is C22H27N7OS. The van der Waals surface area contributed by atoms with Crippen LogP contribution in [-0.2, 0) is 6.54 Å². The standard InChI is InChI=1S/C22H27N7OS/c1-15-18(31-20(24-15)16-10-6-4-7-11-16)19(30)23-14-17-25-21(28(2)3)27-22(26-17)29-12-8-5-9-13-29/h4,6-7,10-11H,5,8-9,12-14H2,1-3H3,(H,23,30). The van der Waals surface area contributed by atoms with E-state index >= 15 is 0 Å². The van der Waals surface area contributed by atoms with Crippen LogP contribution in [0.1, 0.15) is 40.5 Å². The number of benzene rings is 1. The summed E-state index contributed by atoms with van der Waals surface area (Å²) in [6.07, 6.45) is 3.52. The molecule has 0 unspecified atom stereocenters. The third-order valence-electron chi connectivity index (χ3n) is 5.13. The Bertz CT molecular complexity index is 1050. The molecule has 1 N–H and O–H groups in total. The zero-order valence-corrected chi connectivity index (χ0v) is 18.9. The molecule has 0 spiro atoms. The molecule has 1 saturated heterocycles. The molecule has 0 radical (unpaired) electrons. The first-order valence-corrected chi connectivity index (χ1v) is 11.3. The van der Waals surface area contributed by atoms with Crippen molar-refractivity contribution in [1.82, 2.24) is 25.3 Å². The van der Waals surface area contributed by atoms with Crippen LogP contribution in [0, 0.1) is 6.92 Å². The predicted octanol–water partition coefficient (Wildman–Crippen LogP) is 3.29. The molecule has 0 bridgehead atoms. The number of carbonyl (C=O) groups excluding carboxylic acids is 1. The molecule has 1 aliphatic rings. The molecule has 4 rings (SSSR count). The minimum Gasteiger partial charge on any atom is -0.347 e. The van der Waals surface area contributed by atoms with Crippen LogP contribution in [0.5, 0.6) is 0 Å². The summed E-state index contributed by atoms with van der Waals surface area (Å²) in [6.45, 7) is 4.00. The zero-order chi connectivity index (χ0) is 21.8. The highest BCUT2D eigenvalue weighted by Gasteiger charge is 2.19. The molecule has 2 aromatic heterocycles. The van der Waals surface area contributed by atoms with Gasteiger partial charge in [-0.15, -0.1) is 11.3 Å². The Kier molecular flexibility index (Phi) is 6.41. The topological polar surface area (TPSA) is 87.1 Å². The lowest BCUT2D eigenvalue weighted by Crippen LogP contribution is -2.32. The van der Waals surface area contributed by atoms with Gasteiger partial charge < -0.3 is 15.1 Å². The number of nitrogens with zero attached hydrogens (tertiary/aromatic N) is 6. The van der Waals surface area contributed by atoms with Crippen molar-refractivity contribution in [2.24, 2.45) is 0 Å². The van der Waals surface area contributed by atoms with Gasteiger partial charge >= 0.3 is 0 Å². The number of hydrogen-bond acceptors (Lipinski definition) is 8. The number of rotatable bonds is 6. The largest absolute Gasteiger partial charge is 0.347 e. The van der Waals surface area contributed by atoms with Crippen molar-refractivity contribution in [2.45, 2.75) is 32.7 Å². The van der Waals surface area contributed by atoms with E-state index in [4.69, 9.17) is 0 Å². The smallest absolute Gasteiger partial charge is 0.263 e. The van der Waals surface area contributed by atoms with E-state index in [2.05, 4.69) is 30.2 Å². The third-order valence-corrected chi connectivity index (χ3v) is 6.33. The number of carbonyl (C=O) groups is 1. The number of aromatic nitrogens is 4. The molecule has 0 saturated carbocycles. The van der Waals surface area contributed by atoms with Crippen LogP contribution in [0.25, 0.3) is 10.6 Å². The maximum atomic E-state index is 12.9. The van der Waals surface area contributed by atoms with E-state index < -0.39 is 0 Å². The summed E-state index contributed by atoms with van der Waals surface area (Å²) in [5, 5.41) is 3.80. The van der Waals surface area contributed by atoms with Gasteiger partial charge in [-0.1, -0.05) is 30.3 Å². The Hall–Kier alpha value is -3.07. The minimum absolute atomic E-state index is 0.163. The van der Waals surface area contributed by atoms with Crippen molar-refractivity contribution in [1.29, 1.82) is 0 Å². The molecule has 162 valence electrons. The average molecular weight is 438 g/mol. The number of hydrogen-bond donors (Lipinski definition) is 1. The molecule has 1 aliphatic heterocycles. The monoisotopic (exact) mass is 437 g/mol. The van der Waals surface area contributed by atoms with E-state index in [1.54, 1.807) is 0 Å². The fourth-order valence-corrected chi connectivity index (χ4v) is 4.45. The van der Waals surface area contributed by atoms with Gasteiger partial charge in [0.05, 0.1) is 12.2 Å². The van der Waals surface area contributed by atoms with E-state index in [0.717, 1.165) is 42.2 Å². The molecule has 31 heavy (non-hydrogen) atoms. The van der Waals surface area contributed by atoms with Crippen molar-refractivity contribution in [2.75, 3.05) is 37.0 Å². The number of anilines is 2. The Morgan fingerprint density at radius 1 is 1.06 bits per heavy atom. The van der Waals surface area contributed by atoms with Gasteiger partial charge in [0.25, 0.3) is 5.91 Å². The summed E-state index contributed by atoms with van der Waals surface area (Å²) in [4.78, 5) is 35.8. The van der Waals surface area contributed by atoms with Gasteiger partial charge in [-0.25, -0.2) is 4.98 Å². The van der Waals surface area contributed by atoms with Crippen LogP contribution in [0.4, 0.5) is 11.9 Å². The highest BCUT2D eigenvalue weighted by Crippen LogP contribution is 2.27. The molecule has 1 fully saturated rings. The second-order valence-electron chi connectivity index (χ2n) is 7.78. The average Bonchev–Trinajstić information content (AvgIpc) is 3.20. The van der Waals surface area contributed by atoms with Gasteiger partial charge in [0.15, 0.2) is 5.82 Å². The lowest BCUT2D eigenvalue weighted by molar-refractivity contribution is 0.0953. The normalized spacial score (nSPS) is 13.8. The van der Waals surface area contributed by atoms with Gasteiger partial charge in [0.2, 0.25) is 11.9 Å². The van der Waals surface area contributed by atoms with E-state index in [1.165, 1.54) is 17.8 Å². The number of aryl methyl sites for hydroxylation is 1. The van der Waals surface area contributed by atoms with E-state index in [0.29, 0.717) is 22.6 Å². The SMILES string of the molecule is Cc1nc(-c2ccccc2)sc1C(=O)NCc1nc(N(C)C)nc(N2CCCCC2)n1. The molecule has 3 aromatic rings. The van der Waals surface area contributed by atoms with Gasteiger partial charge in [-0.05, 0) is 26.2 Å². The number of piperidine rings is 1. The second kappa shape index (κ2) is 9.38. The summed E-state index contributed by atoms with van der Waals surface area (Å²) in [6, 6.07) is 9.89. The van der Waals surface area contributed by atoms with Crippen LogP contribution < -0.4 is 15.1 Å². The Morgan fingerprint density at radius 2 is 1.81 bits per heavy atom. The lowest BCUT2D eigenvalue weighted by Gasteiger charge is -2.27. The van der Waals surface area contributed by atoms with Crippen LogP contribution in [0.15, 0.2) is 30.3 Å². The van der Waals surface area contributed by atoms with Gasteiger partial charge in [-0.3, -0.25) is 4.79 Å². The van der Waals surface area contributed by atoms with Crippen molar-refractivity contribution < 1.29 is 4.79 Å². The van der Waals surface area contributed by atoms with Gasteiger partial charge in [-0.2, -0.15) is 15.0 Å². The zero-order valence-electron chi connectivity index (χ0n) is 18.1. The summed E-state index contributed by atoms with van der Waals surface area (Å²) in [5.74, 6) is 1.67. The molecule has 1 aromatic carbocycles. The summed E-state index contributed by atoms with van der Waals surface area (Å²) < 4.78 is 0. The Balaban J connectivity index is 1.50. The summed E-state index contributed by atoms with van der Waals surface area (Å²) in [7, 11) is 3.81. The van der Waals surface area contributed by atoms with Crippen LogP contribution >= 0.6 is 11.3 Å². The van der Waals surface area contributed by atoms with Gasteiger partial charge in [0, 0.05) is 32.7 Å². The van der Waals surface area contributed by atoms with Crippen molar-refractivity contribution in [3.8, 4) is 10.6 Å². The first-order valence-electron chi connectivity index (χ1n) is 10.5. The summed E-state index contributed by atoms with van der Waals surface area (Å²) >= 11 is 1.40. The molecular weight excluding hydrogens is 410 g/mol. The maximum absolute atomic E-state index is 12.9. The first kappa shape index (κ1) is 21.2. The fourth-order valence-electron chi connectivity index (χ4n) is 3.46. The van der Waals surface area contributed by atoms with Gasteiger partial charge in [0.1, 0.15) is 9.88 Å². The third kappa shape index (κ3) is 4.99. The van der Waals surface area contributed by atoms with Crippen molar-refractivity contribution >= 4 is 29.1 Å². The van der Waals surface area contributed by atoms with Crippen molar-refractivity contribution in [3.63, 3.8) is 0 Å². The van der Waals surface area contributed by atoms with Crippen LogP contribution in [0.3, 0.4) is 0 Å². The first-order chi connectivity index (χ1) is 15.0. The Morgan fingerprint density at radius 3 is 2.52 bits per heavy atom. The quantitative estimate of drug-likeness (QED) is 0.633. The van der Waals surface area contributed by atoms with Crippen LogP contribution in [0.2, 0.25) is 0 Å². The molecule has 1 amide bonds. The molecule has 8 nitrogen and oxygen atoms in total. The molecule has 3 heterocycles. The minimum atomic E-state index is -0.163. The van der Waals surface area contributed by atoms with Crippen LogP contribution in [-0.4, -0.2) is 53.0 Å². The van der Waals surface area contributed by atoms with E-state index in [-0.39, 0.29) is 12.5 Å². The Labute approximate surface area is 186 Å². The molecule has 0 atom stereocenters. The number of amides is 1. The predicted molar refractivity (Wildman–Crippen MR) is 124 cm³/mol. The fraction of sp³-hybridized carbons (Fsp3) is 0.409.